The molecule has 1 N–H and O–H groups in total. The first-order chi connectivity index (χ1) is 8.22. The minimum Gasteiger partial charge on any atom is -0.378 e. The summed E-state index contributed by atoms with van der Waals surface area (Å²) in [4.78, 5) is 7.85. The molecule has 0 radical (unpaired) electrons. The highest BCUT2D eigenvalue weighted by Crippen LogP contribution is 2.14. The molecule has 86 valence electrons. The second-order valence-electron chi connectivity index (χ2n) is 3.79. The van der Waals surface area contributed by atoms with Crippen LogP contribution in [0.5, 0.6) is 0 Å². The van der Waals surface area contributed by atoms with E-state index in [1.165, 1.54) is 6.33 Å². The van der Waals surface area contributed by atoms with Gasteiger partial charge in [0.1, 0.15) is 18.1 Å². The summed E-state index contributed by atoms with van der Waals surface area (Å²) in [5, 5.41) is 12.1. The maximum absolute atomic E-state index is 8.93. The van der Waals surface area contributed by atoms with Crippen molar-refractivity contribution in [3.8, 4) is 6.07 Å². The molecular formula is C12H13N5. The molecule has 2 rings (SSSR count). The number of anilines is 1. The van der Waals surface area contributed by atoms with Crippen molar-refractivity contribution in [1.82, 2.24) is 14.5 Å². The highest BCUT2D eigenvalue weighted by Gasteiger charge is 2.07. The summed E-state index contributed by atoms with van der Waals surface area (Å²) < 4.78 is 1.89. The van der Waals surface area contributed by atoms with Crippen LogP contribution in [0.3, 0.4) is 0 Å². The molecule has 2 aromatic rings. The smallest absolute Gasteiger partial charge is 0.120 e. The molecule has 0 atom stereocenters. The maximum Gasteiger partial charge on any atom is 0.120 e. The topological polar surface area (TPSA) is 66.5 Å². The Bertz CT molecular complexity index is 550. The van der Waals surface area contributed by atoms with Gasteiger partial charge < -0.3 is 9.88 Å². The normalized spacial score (nSPS) is 9.94. The molecule has 0 saturated carbocycles. The van der Waals surface area contributed by atoms with E-state index >= 15 is 0 Å². The molecule has 5 nitrogen and oxygen atoms in total. The third-order valence-corrected chi connectivity index (χ3v) is 2.80. The third kappa shape index (κ3) is 2.26. The van der Waals surface area contributed by atoms with Crippen molar-refractivity contribution in [2.24, 2.45) is 7.05 Å². The van der Waals surface area contributed by atoms with E-state index in [0.717, 1.165) is 16.9 Å². The summed E-state index contributed by atoms with van der Waals surface area (Å²) in [6.07, 6.45) is 4.93. The van der Waals surface area contributed by atoms with E-state index in [-0.39, 0.29) is 0 Å². The van der Waals surface area contributed by atoms with Crippen LogP contribution in [0.15, 0.2) is 24.8 Å². The number of nitrogens with one attached hydrogen (secondary N) is 1. The van der Waals surface area contributed by atoms with Crippen molar-refractivity contribution in [2.45, 2.75) is 13.5 Å². The molecule has 17 heavy (non-hydrogen) atoms. The van der Waals surface area contributed by atoms with Crippen LogP contribution >= 0.6 is 0 Å². The van der Waals surface area contributed by atoms with Gasteiger partial charge in [0.15, 0.2) is 0 Å². The Morgan fingerprint density at radius 3 is 2.71 bits per heavy atom. The van der Waals surface area contributed by atoms with Crippen LogP contribution in [0.25, 0.3) is 0 Å². The zero-order valence-electron chi connectivity index (χ0n) is 9.81. The van der Waals surface area contributed by atoms with Gasteiger partial charge in [0.25, 0.3) is 0 Å². The zero-order valence-corrected chi connectivity index (χ0v) is 9.81. The van der Waals surface area contributed by atoms with E-state index in [1.807, 2.05) is 24.6 Å². The summed E-state index contributed by atoms with van der Waals surface area (Å²) in [5.74, 6) is 0. The van der Waals surface area contributed by atoms with Crippen LogP contribution in [0.1, 0.15) is 17.0 Å². The molecule has 0 spiro atoms. The largest absolute Gasteiger partial charge is 0.378 e. The molecule has 0 unspecified atom stereocenters. The Hall–Kier alpha value is -2.35. The summed E-state index contributed by atoms with van der Waals surface area (Å²) >= 11 is 0. The van der Waals surface area contributed by atoms with Gasteiger partial charge in [0.2, 0.25) is 0 Å². The van der Waals surface area contributed by atoms with Crippen LogP contribution in [0.4, 0.5) is 5.69 Å². The predicted octanol–water partition coefficient (Wildman–Crippen LogP) is 1.61. The monoisotopic (exact) mass is 227 g/mol. The lowest BCUT2D eigenvalue weighted by atomic mass is 10.2. The lowest BCUT2D eigenvalue weighted by molar-refractivity contribution is 0.856. The number of hydrogen-bond donors (Lipinski definition) is 1. The summed E-state index contributed by atoms with van der Waals surface area (Å²) in [5.41, 5.74) is 3.73. The van der Waals surface area contributed by atoms with Crippen molar-refractivity contribution >= 4 is 5.69 Å². The van der Waals surface area contributed by atoms with Crippen LogP contribution in [-0.2, 0) is 13.6 Å². The average molecular weight is 227 g/mol. The van der Waals surface area contributed by atoms with E-state index in [1.54, 1.807) is 12.4 Å². The predicted molar refractivity (Wildman–Crippen MR) is 64.2 cm³/mol. The van der Waals surface area contributed by atoms with Crippen molar-refractivity contribution in [1.29, 1.82) is 5.26 Å². The second-order valence-corrected chi connectivity index (χ2v) is 3.79. The number of nitrogens with zero attached hydrogens (tertiary/aromatic N) is 4. The van der Waals surface area contributed by atoms with E-state index < -0.39 is 0 Å². The Labute approximate surface area is 99.7 Å². The van der Waals surface area contributed by atoms with Crippen LogP contribution in [-0.4, -0.2) is 14.5 Å². The SMILES string of the molecule is Cc1c(CNc2cncnc2)cc(C#N)n1C. The standard InChI is InChI=1S/C12H13N5/c1-9-10(3-12(4-13)17(9)2)5-16-11-6-14-8-15-7-11/h3,6-8,16H,5H2,1-2H3. The van der Waals surface area contributed by atoms with Gasteiger partial charge in [0, 0.05) is 19.3 Å². The van der Waals surface area contributed by atoms with Crippen LogP contribution < -0.4 is 5.32 Å². The molecule has 0 fully saturated rings. The van der Waals surface area contributed by atoms with Gasteiger partial charge in [-0.15, -0.1) is 0 Å². The summed E-state index contributed by atoms with van der Waals surface area (Å²) in [7, 11) is 1.89. The highest BCUT2D eigenvalue weighted by atomic mass is 15.0. The van der Waals surface area contributed by atoms with Gasteiger partial charge >= 0.3 is 0 Å². The molecule has 0 aliphatic rings. The van der Waals surface area contributed by atoms with Crippen LogP contribution in [0.2, 0.25) is 0 Å². The first kappa shape index (κ1) is 11.1. The first-order valence-electron chi connectivity index (χ1n) is 5.26. The van der Waals surface area contributed by atoms with E-state index in [2.05, 4.69) is 21.4 Å². The molecule has 5 heteroatoms. The lowest BCUT2D eigenvalue weighted by Gasteiger charge is -2.05. The Morgan fingerprint density at radius 2 is 2.12 bits per heavy atom. The molecule has 0 aliphatic heterocycles. The van der Waals surface area contributed by atoms with Crippen molar-refractivity contribution < 1.29 is 0 Å². The molecule has 0 amide bonds. The van der Waals surface area contributed by atoms with Gasteiger partial charge in [-0.05, 0) is 18.6 Å². The Kier molecular flexibility index (Phi) is 3.06. The minimum absolute atomic E-state index is 0.661. The maximum atomic E-state index is 8.93. The molecular weight excluding hydrogens is 214 g/mol. The lowest BCUT2D eigenvalue weighted by Crippen LogP contribution is -2.02. The van der Waals surface area contributed by atoms with Crippen molar-refractivity contribution in [2.75, 3.05) is 5.32 Å². The van der Waals surface area contributed by atoms with E-state index in [9.17, 15) is 0 Å². The van der Waals surface area contributed by atoms with Crippen molar-refractivity contribution in [3.63, 3.8) is 0 Å². The highest BCUT2D eigenvalue weighted by molar-refractivity contribution is 5.41. The fourth-order valence-corrected chi connectivity index (χ4v) is 1.64. The van der Waals surface area contributed by atoms with Gasteiger partial charge in [0.05, 0.1) is 18.1 Å². The van der Waals surface area contributed by atoms with Crippen LogP contribution in [0, 0.1) is 18.3 Å². The van der Waals surface area contributed by atoms with Crippen molar-refractivity contribution in [3.05, 3.63) is 41.7 Å². The molecule has 2 aromatic heterocycles. The number of nitriles is 1. The van der Waals surface area contributed by atoms with Gasteiger partial charge in [-0.1, -0.05) is 0 Å². The van der Waals surface area contributed by atoms with Gasteiger partial charge in [-0.25, -0.2) is 9.97 Å². The summed E-state index contributed by atoms with van der Waals surface area (Å²) in [6, 6.07) is 4.06. The van der Waals surface area contributed by atoms with E-state index in [4.69, 9.17) is 5.26 Å². The third-order valence-electron chi connectivity index (χ3n) is 2.80. The van der Waals surface area contributed by atoms with Gasteiger partial charge in [-0.3, -0.25) is 0 Å². The Balaban J connectivity index is 2.13. The number of rotatable bonds is 3. The molecule has 0 aromatic carbocycles. The fourth-order valence-electron chi connectivity index (χ4n) is 1.64. The fraction of sp³-hybridized carbons (Fsp3) is 0.250. The molecule has 0 aliphatic carbocycles. The minimum atomic E-state index is 0.661. The average Bonchev–Trinajstić information content (AvgIpc) is 2.65. The molecule has 2 heterocycles. The first-order valence-corrected chi connectivity index (χ1v) is 5.26. The number of aromatic nitrogens is 3. The number of hydrogen-bond acceptors (Lipinski definition) is 4. The van der Waals surface area contributed by atoms with Gasteiger partial charge in [-0.2, -0.15) is 5.26 Å². The quantitative estimate of drug-likeness (QED) is 0.865. The van der Waals surface area contributed by atoms with E-state index in [0.29, 0.717) is 12.2 Å². The molecule has 0 saturated heterocycles. The summed E-state index contributed by atoms with van der Waals surface area (Å²) in [6.45, 7) is 2.66. The second kappa shape index (κ2) is 4.66. The Morgan fingerprint density at radius 1 is 1.41 bits per heavy atom. The zero-order chi connectivity index (χ0) is 12.3. The molecule has 0 bridgehead atoms.